The molecule has 2 aromatic heterocycles. The monoisotopic (exact) mass is 663 g/mol. The van der Waals surface area contributed by atoms with Crippen LogP contribution >= 0.6 is 0 Å². The van der Waals surface area contributed by atoms with Gasteiger partial charge in [0.2, 0.25) is 0 Å². The number of aromatic nitrogens is 2. The van der Waals surface area contributed by atoms with Gasteiger partial charge in [0.05, 0.1) is 39.0 Å². The van der Waals surface area contributed by atoms with Crippen LogP contribution < -0.4 is 0 Å². The zero-order chi connectivity index (χ0) is 34.6. The van der Waals surface area contributed by atoms with Crippen LogP contribution in [0.2, 0.25) is 0 Å². The number of hydrogen-bond acceptors (Lipinski definition) is 5. The van der Waals surface area contributed by atoms with Gasteiger partial charge in [0, 0.05) is 16.7 Å². The van der Waals surface area contributed by atoms with E-state index in [0.29, 0.717) is 0 Å². The fourth-order valence-electron chi connectivity index (χ4n) is 4.19. The lowest BCUT2D eigenvalue weighted by molar-refractivity contribution is -0.143. The Hall–Kier alpha value is -5.77. The number of halogens is 14. The van der Waals surface area contributed by atoms with Crippen molar-refractivity contribution in [1.82, 2.24) is 9.97 Å². The van der Waals surface area contributed by atoms with Gasteiger partial charge in [-0.25, -0.2) is 17.6 Å². The minimum Gasteiger partial charge on any atom is -0.201 e. The third-order valence-electron chi connectivity index (χ3n) is 6.14. The molecule has 0 unspecified atom stereocenters. The molecule has 0 radical (unpaired) electrons. The second-order valence-corrected chi connectivity index (χ2v) is 8.77. The Labute approximate surface area is 244 Å². The van der Waals surface area contributed by atoms with Crippen LogP contribution in [0.25, 0.3) is 16.7 Å². The summed E-state index contributed by atoms with van der Waals surface area (Å²) < 4.78 is 195. The Kier molecular flexibility index (Phi) is 8.14. The normalized spacial score (nSPS) is 15.2. The Morgan fingerprint density at radius 3 is 1.02 bits per heavy atom. The molecule has 3 aromatic rings. The van der Waals surface area contributed by atoms with E-state index in [1.807, 2.05) is 0 Å². The maximum atomic E-state index is 14.7. The van der Waals surface area contributed by atoms with Crippen molar-refractivity contribution in [2.75, 3.05) is 0 Å². The van der Waals surface area contributed by atoms with Gasteiger partial charge in [-0.1, -0.05) is 0 Å². The Morgan fingerprint density at radius 2 is 0.761 bits per heavy atom. The molecule has 0 amide bonds. The summed E-state index contributed by atoms with van der Waals surface area (Å²) in [6, 6.07) is 2.62. The van der Waals surface area contributed by atoms with Crippen LogP contribution in [0.1, 0.15) is 27.8 Å². The fraction of sp³-hybridized carbons (Fsp3) is 0.0741. The molecule has 0 saturated heterocycles. The molecule has 5 nitrogen and oxygen atoms in total. The summed E-state index contributed by atoms with van der Waals surface area (Å²) >= 11 is 0. The predicted molar refractivity (Wildman–Crippen MR) is 122 cm³/mol. The topological polar surface area (TPSA) is 97.1 Å². The van der Waals surface area contributed by atoms with Crippen molar-refractivity contribution in [3.05, 3.63) is 110 Å². The fourth-order valence-corrected chi connectivity index (χ4v) is 4.19. The first kappa shape index (κ1) is 33.1. The number of pyridine rings is 2. The zero-order valence-corrected chi connectivity index (χ0v) is 21.3. The van der Waals surface area contributed by atoms with E-state index in [2.05, 4.69) is 9.97 Å². The molecular weight excluding hydrogens is 660 g/mol. The van der Waals surface area contributed by atoms with Crippen LogP contribution in [0.5, 0.6) is 0 Å². The van der Waals surface area contributed by atoms with Crippen molar-refractivity contribution in [3.8, 4) is 18.2 Å². The van der Waals surface area contributed by atoms with Gasteiger partial charge in [-0.15, -0.1) is 0 Å². The third kappa shape index (κ3) is 5.49. The summed E-state index contributed by atoms with van der Waals surface area (Å²) in [5, 5.41) is 29.2. The number of allylic oxidation sites excluding steroid dienone is 6. The molecule has 46 heavy (non-hydrogen) atoms. The summed E-state index contributed by atoms with van der Waals surface area (Å²) in [4.78, 5) is 4.45. The van der Waals surface area contributed by atoms with Gasteiger partial charge in [-0.2, -0.15) is 69.7 Å². The quantitative estimate of drug-likeness (QED) is 0.162. The van der Waals surface area contributed by atoms with Crippen LogP contribution in [0.3, 0.4) is 0 Å². The van der Waals surface area contributed by atoms with E-state index >= 15 is 0 Å². The van der Waals surface area contributed by atoms with E-state index in [9.17, 15) is 77.3 Å². The molecule has 1 saturated carbocycles. The van der Waals surface area contributed by atoms with Crippen molar-refractivity contribution < 1.29 is 61.5 Å². The first-order chi connectivity index (χ1) is 21.3. The average molecular weight is 663 g/mol. The number of alkyl halides is 6. The lowest BCUT2D eigenvalue weighted by atomic mass is 9.98. The molecule has 4 rings (SSSR count). The molecule has 0 atom stereocenters. The number of rotatable bonds is 3. The predicted octanol–water partition coefficient (Wildman–Crippen LogP) is 7.87. The molecule has 0 bridgehead atoms. The van der Waals surface area contributed by atoms with Crippen molar-refractivity contribution in [3.63, 3.8) is 0 Å². The summed E-state index contributed by atoms with van der Waals surface area (Å²) in [6.45, 7) is 0. The number of nitrogens with zero attached hydrogens (tertiary/aromatic N) is 5. The lowest BCUT2D eigenvalue weighted by Gasteiger charge is -2.13. The van der Waals surface area contributed by atoms with Crippen LogP contribution in [0.4, 0.5) is 61.5 Å². The molecule has 1 fully saturated rings. The molecule has 1 aliphatic carbocycles. The molecule has 1 aromatic carbocycles. The number of benzene rings is 1. The standard InChI is InChI=1S/C27H3F14N5/c28-18-16(19(29)23(33)45-22(18)32)11(5-43)14-13(15(14)12(6-44)17-20(30)24(34)46-25(35)21(17)31)10(4-42)7-1-8(26(36,37)38)3-9(2-7)27(39,40)41/h1-3H. The molecule has 0 N–H and O–H groups in total. The smallest absolute Gasteiger partial charge is 0.201 e. The Bertz CT molecular complexity index is 1900. The Balaban J connectivity index is 2.30. The summed E-state index contributed by atoms with van der Waals surface area (Å²) in [6.07, 6.45) is -11.0. The van der Waals surface area contributed by atoms with E-state index in [1.54, 1.807) is 0 Å². The summed E-state index contributed by atoms with van der Waals surface area (Å²) in [5.41, 5.74) is -17.8. The molecule has 2 heterocycles. The van der Waals surface area contributed by atoms with E-state index in [-0.39, 0.29) is 18.2 Å². The molecule has 234 valence electrons. The van der Waals surface area contributed by atoms with Crippen molar-refractivity contribution >= 4 is 16.7 Å². The first-order valence-electron chi connectivity index (χ1n) is 11.4. The van der Waals surface area contributed by atoms with Gasteiger partial charge < -0.3 is 0 Å². The van der Waals surface area contributed by atoms with Crippen LogP contribution in [-0.4, -0.2) is 9.97 Å². The molecule has 0 aliphatic heterocycles. The van der Waals surface area contributed by atoms with E-state index in [1.165, 1.54) is 0 Å². The second kappa shape index (κ2) is 11.3. The van der Waals surface area contributed by atoms with Gasteiger partial charge in [0.15, 0.2) is 23.3 Å². The van der Waals surface area contributed by atoms with Crippen molar-refractivity contribution in [2.24, 2.45) is 0 Å². The molecule has 0 spiro atoms. The summed E-state index contributed by atoms with van der Waals surface area (Å²) in [5.74, 6) is -19.3. The number of nitriles is 3. The first-order valence-corrected chi connectivity index (χ1v) is 11.4. The van der Waals surface area contributed by atoms with Crippen molar-refractivity contribution in [2.45, 2.75) is 12.4 Å². The lowest BCUT2D eigenvalue weighted by Crippen LogP contribution is -2.11. The highest BCUT2D eigenvalue weighted by atomic mass is 19.4. The zero-order valence-electron chi connectivity index (χ0n) is 21.3. The average Bonchev–Trinajstić information content (AvgIpc) is 3.68. The second-order valence-electron chi connectivity index (χ2n) is 8.77. The van der Waals surface area contributed by atoms with Crippen LogP contribution in [-0.2, 0) is 12.4 Å². The minimum absolute atomic E-state index is 0.0632. The largest absolute Gasteiger partial charge is 0.416 e. The van der Waals surface area contributed by atoms with Gasteiger partial charge in [-0.3, -0.25) is 0 Å². The molecule has 1 aliphatic rings. The van der Waals surface area contributed by atoms with Gasteiger partial charge in [-0.05, 0) is 23.8 Å². The third-order valence-corrected chi connectivity index (χ3v) is 6.14. The highest BCUT2D eigenvalue weighted by Crippen LogP contribution is 2.57. The highest BCUT2D eigenvalue weighted by Gasteiger charge is 2.45. The van der Waals surface area contributed by atoms with E-state index in [4.69, 9.17) is 0 Å². The Morgan fingerprint density at radius 1 is 0.478 bits per heavy atom. The van der Waals surface area contributed by atoms with Gasteiger partial charge in [0.25, 0.3) is 23.8 Å². The van der Waals surface area contributed by atoms with Gasteiger partial charge in [0.1, 0.15) is 18.2 Å². The molecule has 19 heteroatoms. The van der Waals surface area contributed by atoms with Crippen molar-refractivity contribution in [1.29, 1.82) is 15.8 Å². The molecular formula is C27H3F14N5. The summed E-state index contributed by atoms with van der Waals surface area (Å²) in [7, 11) is 0. The van der Waals surface area contributed by atoms with Crippen LogP contribution in [0, 0.1) is 81.1 Å². The highest BCUT2D eigenvalue weighted by molar-refractivity contribution is 6.12. The SMILES string of the molecule is N#CC(=C1C(=C(C#N)c2c(F)c(F)nc(F)c2F)C1=C(C#N)c1c(F)c(F)nc(F)c1F)c1cc(C(F)(F)F)cc(C(F)(F)F)c1. The maximum Gasteiger partial charge on any atom is 0.416 e. The van der Waals surface area contributed by atoms with Gasteiger partial charge >= 0.3 is 12.4 Å². The van der Waals surface area contributed by atoms with Crippen LogP contribution in [0.15, 0.2) is 34.9 Å². The van der Waals surface area contributed by atoms with E-state index in [0.717, 1.165) is 18.2 Å². The number of hydrogen-bond donors (Lipinski definition) is 0. The minimum atomic E-state index is -5.52. The van der Waals surface area contributed by atoms with E-state index < -0.39 is 121 Å². The maximum absolute atomic E-state index is 14.7.